The lowest BCUT2D eigenvalue weighted by Crippen LogP contribution is -2.35. The van der Waals surface area contributed by atoms with Crippen molar-refractivity contribution in [2.75, 3.05) is 11.9 Å². The van der Waals surface area contributed by atoms with Gasteiger partial charge in [-0.3, -0.25) is 14.4 Å². The van der Waals surface area contributed by atoms with Crippen molar-refractivity contribution >= 4 is 23.5 Å². The summed E-state index contributed by atoms with van der Waals surface area (Å²) in [5.74, 6) is -2.18. The van der Waals surface area contributed by atoms with E-state index >= 15 is 0 Å². The van der Waals surface area contributed by atoms with Crippen molar-refractivity contribution in [2.24, 2.45) is 5.41 Å². The van der Waals surface area contributed by atoms with E-state index in [1.54, 1.807) is 20.8 Å². The van der Waals surface area contributed by atoms with E-state index in [-0.39, 0.29) is 29.5 Å². The van der Waals surface area contributed by atoms with Crippen molar-refractivity contribution in [3.8, 4) is 0 Å². The third-order valence-corrected chi connectivity index (χ3v) is 3.23. The fourth-order valence-electron chi connectivity index (χ4n) is 1.87. The Morgan fingerprint density at radius 3 is 2.42 bits per heavy atom. The maximum absolute atomic E-state index is 13.7. The second kappa shape index (κ2) is 8.42. The average molecular weight is 338 g/mol. The molecule has 0 heterocycles. The number of benzene rings is 1. The highest BCUT2D eigenvalue weighted by Gasteiger charge is 2.20. The van der Waals surface area contributed by atoms with E-state index in [1.165, 1.54) is 12.1 Å². The van der Waals surface area contributed by atoms with E-state index in [2.05, 4.69) is 10.6 Å². The van der Waals surface area contributed by atoms with E-state index < -0.39 is 23.6 Å². The van der Waals surface area contributed by atoms with Crippen molar-refractivity contribution in [3.05, 3.63) is 29.6 Å². The van der Waals surface area contributed by atoms with Crippen LogP contribution in [-0.2, 0) is 20.8 Å². The van der Waals surface area contributed by atoms with Gasteiger partial charge in [0.2, 0.25) is 11.8 Å². The highest BCUT2D eigenvalue weighted by Crippen LogP contribution is 2.16. The lowest BCUT2D eigenvalue weighted by molar-refractivity contribution is -0.136. The van der Waals surface area contributed by atoms with Gasteiger partial charge in [0.15, 0.2) is 0 Å². The molecule has 1 rings (SSSR count). The molecule has 0 saturated carbocycles. The SMILES string of the molecule is CC(C)(C)C(=O)NCCCC(=O)Nc1ccc(CC(=O)O)c(F)c1. The zero-order valence-electron chi connectivity index (χ0n) is 14.1. The Bertz CT molecular complexity index is 624. The molecular formula is C17H23FN2O4. The van der Waals surface area contributed by atoms with Crippen molar-refractivity contribution in [1.82, 2.24) is 5.32 Å². The molecule has 0 fully saturated rings. The largest absolute Gasteiger partial charge is 0.481 e. The van der Waals surface area contributed by atoms with E-state index in [1.807, 2.05) is 0 Å². The minimum atomic E-state index is -1.12. The van der Waals surface area contributed by atoms with Crippen LogP contribution in [0.1, 0.15) is 39.2 Å². The van der Waals surface area contributed by atoms with Gasteiger partial charge in [-0.25, -0.2) is 4.39 Å². The number of rotatable bonds is 7. The number of carbonyl (C=O) groups is 3. The Morgan fingerprint density at radius 2 is 1.88 bits per heavy atom. The molecule has 0 radical (unpaired) electrons. The van der Waals surface area contributed by atoms with Crippen LogP contribution >= 0.6 is 0 Å². The van der Waals surface area contributed by atoms with Crippen molar-refractivity contribution in [1.29, 1.82) is 0 Å². The van der Waals surface area contributed by atoms with Gasteiger partial charge in [0, 0.05) is 24.1 Å². The molecule has 3 N–H and O–H groups in total. The summed E-state index contributed by atoms with van der Waals surface area (Å²) in [6.45, 7) is 5.79. The molecule has 24 heavy (non-hydrogen) atoms. The standard InChI is InChI=1S/C17H23FN2O4/c1-17(2,3)16(24)19-8-4-5-14(21)20-12-7-6-11(9-15(22)23)13(18)10-12/h6-7,10H,4-5,8-9H2,1-3H3,(H,19,24)(H,20,21)(H,22,23). The summed E-state index contributed by atoms with van der Waals surface area (Å²) in [5, 5.41) is 13.9. The number of aliphatic carboxylic acids is 1. The first-order valence-electron chi connectivity index (χ1n) is 7.68. The van der Waals surface area contributed by atoms with Gasteiger partial charge < -0.3 is 15.7 Å². The molecule has 6 nitrogen and oxygen atoms in total. The van der Waals surface area contributed by atoms with Gasteiger partial charge >= 0.3 is 5.97 Å². The topological polar surface area (TPSA) is 95.5 Å². The van der Waals surface area contributed by atoms with E-state index in [9.17, 15) is 18.8 Å². The first kappa shape index (κ1) is 19.6. The Labute approximate surface area is 140 Å². The Kier molecular flexibility index (Phi) is 6.88. The number of halogens is 1. The smallest absolute Gasteiger partial charge is 0.307 e. The lowest BCUT2D eigenvalue weighted by atomic mass is 9.96. The number of hydrogen-bond donors (Lipinski definition) is 3. The van der Waals surface area contributed by atoms with Crippen LogP contribution in [0.2, 0.25) is 0 Å². The second-order valence-electron chi connectivity index (χ2n) is 6.53. The fourth-order valence-corrected chi connectivity index (χ4v) is 1.87. The highest BCUT2D eigenvalue weighted by atomic mass is 19.1. The summed E-state index contributed by atoms with van der Waals surface area (Å²) in [6.07, 6.45) is 0.240. The number of carboxylic acids is 1. The van der Waals surface area contributed by atoms with Crippen LogP contribution in [0.25, 0.3) is 0 Å². The molecule has 0 aliphatic rings. The first-order chi connectivity index (χ1) is 11.1. The Hall–Kier alpha value is -2.44. The number of anilines is 1. The number of carboxylic acid groups (broad SMARTS) is 1. The summed E-state index contributed by atoms with van der Waals surface area (Å²) in [7, 11) is 0. The monoisotopic (exact) mass is 338 g/mol. The van der Waals surface area contributed by atoms with Crippen LogP contribution in [0.15, 0.2) is 18.2 Å². The van der Waals surface area contributed by atoms with Crippen LogP contribution in [0.4, 0.5) is 10.1 Å². The molecule has 0 saturated heterocycles. The quantitative estimate of drug-likeness (QED) is 0.665. The molecule has 0 bridgehead atoms. The van der Waals surface area contributed by atoms with Gasteiger partial charge in [-0.05, 0) is 24.1 Å². The minimum absolute atomic E-state index is 0.0605. The molecule has 0 unspecified atom stereocenters. The van der Waals surface area contributed by atoms with E-state index in [0.717, 1.165) is 6.07 Å². The van der Waals surface area contributed by atoms with Crippen LogP contribution in [0, 0.1) is 11.2 Å². The number of carbonyl (C=O) groups excluding carboxylic acids is 2. The molecule has 1 aromatic rings. The average Bonchev–Trinajstić information content (AvgIpc) is 2.45. The van der Waals surface area contributed by atoms with Gasteiger partial charge in [-0.2, -0.15) is 0 Å². The van der Waals surface area contributed by atoms with E-state index in [0.29, 0.717) is 13.0 Å². The zero-order valence-corrected chi connectivity index (χ0v) is 14.1. The maximum atomic E-state index is 13.7. The minimum Gasteiger partial charge on any atom is -0.481 e. The van der Waals surface area contributed by atoms with Crippen LogP contribution in [-0.4, -0.2) is 29.4 Å². The normalized spacial score (nSPS) is 11.0. The number of amides is 2. The molecule has 132 valence electrons. The van der Waals surface area contributed by atoms with E-state index in [4.69, 9.17) is 5.11 Å². The molecule has 0 aliphatic heterocycles. The van der Waals surface area contributed by atoms with Gasteiger partial charge in [-0.1, -0.05) is 26.8 Å². The maximum Gasteiger partial charge on any atom is 0.307 e. The van der Waals surface area contributed by atoms with Crippen molar-refractivity contribution in [2.45, 2.75) is 40.0 Å². The van der Waals surface area contributed by atoms with Gasteiger partial charge in [0.05, 0.1) is 6.42 Å². The predicted octanol–water partition coefficient (Wildman–Crippen LogP) is 2.33. The Morgan fingerprint density at radius 1 is 1.21 bits per heavy atom. The summed E-state index contributed by atoms with van der Waals surface area (Å²) >= 11 is 0. The molecule has 1 aromatic carbocycles. The molecule has 2 amide bonds. The van der Waals surface area contributed by atoms with Crippen LogP contribution in [0.5, 0.6) is 0 Å². The molecule has 0 aliphatic carbocycles. The molecule has 7 heteroatoms. The zero-order chi connectivity index (χ0) is 18.3. The highest BCUT2D eigenvalue weighted by molar-refractivity contribution is 5.90. The van der Waals surface area contributed by atoms with Gasteiger partial charge in [0.25, 0.3) is 0 Å². The summed E-state index contributed by atoms with van der Waals surface area (Å²) in [4.78, 5) is 34.0. The molecule has 0 atom stereocenters. The number of hydrogen-bond acceptors (Lipinski definition) is 3. The third-order valence-electron chi connectivity index (χ3n) is 3.23. The lowest BCUT2D eigenvalue weighted by Gasteiger charge is -2.17. The first-order valence-corrected chi connectivity index (χ1v) is 7.68. The fraction of sp³-hybridized carbons (Fsp3) is 0.471. The second-order valence-corrected chi connectivity index (χ2v) is 6.53. The number of nitrogens with one attached hydrogen (secondary N) is 2. The van der Waals surface area contributed by atoms with Crippen molar-refractivity contribution < 1.29 is 23.9 Å². The van der Waals surface area contributed by atoms with Crippen LogP contribution < -0.4 is 10.6 Å². The molecule has 0 spiro atoms. The predicted molar refractivity (Wildman–Crippen MR) is 88.1 cm³/mol. The molecular weight excluding hydrogens is 315 g/mol. The summed E-state index contributed by atoms with van der Waals surface area (Å²) < 4.78 is 13.7. The summed E-state index contributed by atoms with van der Waals surface area (Å²) in [5.41, 5.74) is -0.145. The molecule has 0 aromatic heterocycles. The third kappa shape index (κ3) is 6.76. The summed E-state index contributed by atoms with van der Waals surface area (Å²) in [6, 6.07) is 3.89. The van der Waals surface area contributed by atoms with Gasteiger partial charge in [-0.15, -0.1) is 0 Å². The van der Waals surface area contributed by atoms with Gasteiger partial charge in [0.1, 0.15) is 5.82 Å². The van der Waals surface area contributed by atoms with Crippen molar-refractivity contribution in [3.63, 3.8) is 0 Å². The Balaban J connectivity index is 2.41. The van der Waals surface area contributed by atoms with Crippen LogP contribution in [0.3, 0.4) is 0 Å².